The Labute approximate surface area is 183 Å². The van der Waals surface area contributed by atoms with Crippen LogP contribution in [0.1, 0.15) is 52.9 Å². The van der Waals surface area contributed by atoms with Crippen molar-refractivity contribution in [1.29, 1.82) is 0 Å². The van der Waals surface area contributed by atoms with Gasteiger partial charge in [0.15, 0.2) is 0 Å². The van der Waals surface area contributed by atoms with Crippen LogP contribution in [0.15, 0.2) is 12.2 Å². The summed E-state index contributed by atoms with van der Waals surface area (Å²) < 4.78 is 11.2. The van der Waals surface area contributed by atoms with Crippen LogP contribution in [0, 0.1) is 11.8 Å². The van der Waals surface area contributed by atoms with Crippen LogP contribution in [0.5, 0.6) is 0 Å². The Morgan fingerprint density at radius 3 is 2.71 bits per heavy atom. The van der Waals surface area contributed by atoms with Crippen molar-refractivity contribution >= 4 is 18.0 Å². The lowest BCUT2D eigenvalue weighted by Gasteiger charge is -2.34. The zero-order valence-corrected chi connectivity index (χ0v) is 18.7. The number of carboxylic acids is 1. The Morgan fingerprint density at radius 2 is 2.00 bits per heavy atom. The van der Waals surface area contributed by atoms with Crippen LogP contribution in [0.4, 0.5) is 4.79 Å². The standard InChI is InChI=1S/C22H36N2O7/c1-14-5-8-19(15(2)4-7-18(25)12-21(28)30-16(14)3)31-22(29)24-11-10-23-17(13-24)6-9-20(26)27/h5,8,14-19,23,25H,4,6-7,9-13H2,1-3H3,(H,26,27)/t14-,15-,16+,17-,18+,19-/m0/s1. The number of carboxylic acid groups (broad SMARTS) is 1. The maximum Gasteiger partial charge on any atom is 0.410 e. The molecule has 1 saturated heterocycles. The van der Waals surface area contributed by atoms with E-state index in [-0.39, 0.29) is 36.8 Å². The summed E-state index contributed by atoms with van der Waals surface area (Å²) in [6.07, 6.45) is 3.14. The topological polar surface area (TPSA) is 125 Å². The van der Waals surface area contributed by atoms with Crippen LogP contribution in [-0.2, 0) is 19.1 Å². The van der Waals surface area contributed by atoms with Crippen molar-refractivity contribution < 1.29 is 34.1 Å². The third-order valence-corrected chi connectivity index (χ3v) is 6.04. The Kier molecular flexibility index (Phi) is 9.77. The maximum absolute atomic E-state index is 12.8. The molecule has 31 heavy (non-hydrogen) atoms. The van der Waals surface area contributed by atoms with Gasteiger partial charge in [0, 0.05) is 38.0 Å². The minimum absolute atomic E-state index is 0.0430. The number of cyclic esters (lactones) is 1. The summed E-state index contributed by atoms with van der Waals surface area (Å²) >= 11 is 0. The summed E-state index contributed by atoms with van der Waals surface area (Å²) in [6.45, 7) is 7.16. The van der Waals surface area contributed by atoms with E-state index >= 15 is 0 Å². The fourth-order valence-corrected chi connectivity index (χ4v) is 3.74. The highest BCUT2D eigenvalue weighted by Crippen LogP contribution is 2.22. The molecule has 0 aromatic heterocycles. The molecule has 9 heteroatoms. The minimum Gasteiger partial charge on any atom is -0.481 e. The van der Waals surface area contributed by atoms with Gasteiger partial charge in [-0.05, 0) is 38.2 Å². The molecule has 0 bridgehead atoms. The summed E-state index contributed by atoms with van der Waals surface area (Å²) in [5, 5.41) is 22.3. The van der Waals surface area contributed by atoms with Gasteiger partial charge in [-0.1, -0.05) is 19.9 Å². The zero-order chi connectivity index (χ0) is 23.0. The number of piperazine rings is 1. The van der Waals surface area contributed by atoms with E-state index in [9.17, 15) is 19.5 Å². The molecule has 6 atom stereocenters. The highest BCUT2D eigenvalue weighted by Gasteiger charge is 2.29. The number of rotatable bonds is 4. The predicted molar refractivity (Wildman–Crippen MR) is 113 cm³/mol. The third-order valence-electron chi connectivity index (χ3n) is 6.04. The molecule has 3 N–H and O–H groups in total. The Bertz CT molecular complexity index is 654. The van der Waals surface area contributed by atoms with Gasteiger partial charge in [0.1, 0.15) is 12.2 Å². The van der Waals surface area contributed by atoms with Crippen molar-refractivity contribution in [2.45, 2.75) is 77.2 Å². The Hall–Kier alpha value is -2.13. The molecule has 1 amide bonds. The SMILES string of the molecule is C[C@H]1C=C[C@H](OC(=O)N2CCN[C@@H](CCC(=O)O)C2)[C@@H](C)CC[C@@H](O)CC(=O)O[C@@H]1C. The van der Waals surface area contributed by atoms with Crippen molar-refractivity contribution in [3.63, 3.8) is 0 Å². The van der Waals surface area contributed by atoms with Gasteiger partial charge in [0.25, 0.3) is 0 Å². The number of hydrogen-bond donors (Lipinski definition) is 3. The average Bonchev–Trinajstić information content (AvgIpc) is 2.72. The largest absolute Gasteiger partial charge is 0.481 e. The zero-order valence-electron chi connectivity index (χ0n) is 18.7. The lowest BCUT2D eigenvalue weighted by Crippen LogP contribution is -2.53. The van der Waals surface area contributed by atoms with E-state index in [1.165, 1.54) is 0 Å². The Balaban J connectivity index is 2.04. The molecule has 0 saturated carbocycles. The first-order valence-electron chi connectivity index (χ1n) is 11.1. The van der Waals surface area contributed by atoms with Crippen LogP contribution in [0.25, 0.3) is 0 Å². The highest BCUT2D eigenvalue weighted by atomic mass is 16.6. The summed E-state index contributed by atoms with van der Waals surface area (Å²) in [7, 11) is 0. The molecule has 0 aliphatic carbocycles. The number of nitrogens with zero attached hydrogens (tertiary/aromatic N) is 1. The number of esters is 1. The molecule has 0 aromatic rings. The van der Waals surface area contributed by atoms with E-state index in [2.05, 4.69) is 5.32 Å². The highest BCUT2D eigenvalue weighted by molar-refractivity contribution is 5.70. The van der Waals surface area contributed by atoms with E-state index in [0.717, 1.165) is 0 Å². The van der Waals surface area contributed by atoms with Crippen LogP contribution in [0.2, 0.25) is 0 Å². The molecule has 1 fully saturated rings. The molecule has 2 aliphatic heterocycles. The number of amides is 1. The second-order valence-corrected chi connectivity index (χ2v) is 8.73. The van der Waals surface area contributed by atoms with Crippen molar-refractivity contribution in [3.05, 3.63) is 12.2 Å². The third kappa shape index (κ3) is 8.49. The average molecular weight is 441 g/mol. The van der Waals surface area contributed by atoms with E-state index < -0.39 is 30.2 Å². The van der Waals surface area contributed by atoms with Crippen LogP contribution in [0.3, 0.4) is 0 Å². The van der Waals surface area contributed by atoms with Crippen LogP contribution >= 0.6 is 0 Å². The van der Waals surface area contributed by atoms with Gasteiger partial charge in [-0.3, -0.25) is 9.59 Å². The number of hydrogen-bond acceptors (Lipinski definition) is 7. The first-order chi connectivity index (χ1) is 14.7. The molecule has 2 heterocycles. The van der Waals surface area contributed by atoms with Crippen molar-refractivity contribution in [2.24, 2.45) is 11.8 Å². The van der Waals surface area contributed by atoms with Crippen LogP contribution < -0.4 is 5.32 Å². The van der Waals surface area contributed by atoms with Gasteiger partial charge in [-0.25, -0.2) is 4.79 Å². The van der Waals surface area contributed by atoms with Crippen LogP contribution in [-0.4, -0.2) is 77.1 Å². The van der Waals surface area contributed by atoms with Gasteiger partial charge in [-0.15, -0.1) is 0 Å². The molecular formula is C22H36N2O7. The van der Waals surface area contributed by atoms with Crippen molar-refractivity contribution in [3.8, 4) is 0 Å². The van der Waals surface area contributed by atoms with Gasteiger partial charge < -0.3 is 29.9 Å². The Morgan fingerprint density at radius 1 is 1.26 bits per heavy atom. The normalized spacial score (nSPS) is 33.0. The van der Waals surface area contributed by atoms with Crippen molar-refractivity contribution in [2.75, 3.05) is 19.6 Å². The lowest BCUT2D eigenvalue weighted by atomic mass is 9.94. The monoisotopic (exact) mass is 440 g/mol. The molecule has 0 radical (unpaired) electrons. The summed E-state index contributed by atoms with van der Waals surface area (Å²) in [5.74, 6) is -1.38. The fourth-order valence-electron chi connectivity index (χ4n) is 3.74. The number of nitrogens with one attached hydrogen (secondary N) is 1. The maximum atomic E-state index is 12.8. The number of ether oxygens (including phenoxy) is 2. The molecule has 0 aromatic carbocycles. The number of carbonyl (C=O) groups is 3. The molecular weight excluding hydrogens is 404 g/mol. The van der Waals surface area contributed by atoms with Gasteiger partial charge >= 0.3 is 18.0 Å². The summed E-state index contributed by atoms with van der Waals surface area (Å²) in [5.41, 5.74) is 0. The molecule has 176 valence electrons. The van der Waals surface area contributed by atoms with E-state index in [0.29, 0.717) is 38.9 Å². The number of aliphatic hydroxyl groups excluding tert-OH is 1. The molecule has 0 unspecified atom stereocenters. The summed E-state index contributed by atoms with van der Waals surface area (Å²) in [4.78, 5) is 37.2. The lowest BCUT2D eigenvalue weighted by molar-refractivity contribution is -0.152. The smallest absolute Gasteiger partial charge is 0.410 e. The predicted octanol–water partition coefficient (Wildman–Crippen LogP) is 1.94. The molecule has 2 aliphatic rings. The first-order valence-corrected chi connectivity index (χ1v) is 11.1. The second-order valence-electron chi connectivity index (χ2n) is 8.73. The number of aliphatic hydroxyl groups is 1. The molecule has 9 nitrogen and oxygen atoms in total. The van der Waals surface area contributed by atoms with Gasteiger partial charge in [-0.2, -0.15) is 0 Å². The first kappa shape index (κ1) is 25.1. The second kappa shape index (κ2) is 12.0. The van der Waals surface area contributed by atoms with E-state index in [4.69, 9.17) is 14.6 Å². The van der Waals surface area contributed by atoms with E-state index in [1.807, 2.05) is 26.0 Å². The quantitative estimate of drug-likeness (QED) is 0.447. The number of carbonyl (C=O) groups excluding carboxylic acids is 2. The number of aliphatic carboxylic acids is 1. The van der Waals surface area contributed by atoms with Crippen molar-refractivity contribution in [1.82, 2.24) is 10.2 Å². The van der Waals surface area contributed by atoms with Gasteiger partial charge in [0.05, 0.1) is 12.5 Å². The molecule has 0 spiro atoms. The summed E-state index contributed by atoms with van der Waals surface area (Å²) in [6, 6.07) is -0.0765. The minimum atomic E-state index is -0.857. The molecule has 2 rings (SSSR count). The fraction of sp³-hybridized carbons (Fsp3) is 0.773. The van der Waals surface area contributed by atoms with E-state index in [1.54, 1.807) is 11.8 Å². The van der Waals surface area contributed by atoms with Gasteiger partial charge in [0.2, 0.25) is 0 Å².